The number of carbonyl (C=O) groups is 1. The third-order valence-corrected chi connectivity index (χ3v) is 6.70. The first-order valence-corrected chi connectivity index (χ1v) is 9.86. The number of nitrogens with zero attached hydrogens (tertiary/aromatic N) is 2. The number of carbonyl (C=O) groups excluding carboxylic acids is 1. The van der Waals surface area contributed by atoms with Crippen LogP contribution in [0.25, 0.3) is 19.8 Å². The Hall–Kier alpha value is -1.67. The number of ketones is 1. The summed E-state index contributed by atoms with van der Waals surface area (Å²) >= 11 is 6.23. The van der Waals surface area contributed by atoms with Crippen LogP contribution in [0.15, 0.2) is 45.8 Å². The summed E-state index contributed by atoms with van der Waals surface area (Å²) < 4.78 is 0. The van der Waals surface area contributed by atoms with Crippen molar-refractivity contribution in [1.82, 2.24) is 9.97 Å². The third-order valence-electron chi connectivity index (χ3n) is 2.94. The van der Waals surface area contributed by atoms with Crippen molar-refractivity contribution in [2.75, 3.05) is 0 Å². The standard InChI is InChI=1S/C15H8N2OS4/c18-13(9-7-21-14(16-9)11-3-1-5-19-11)10-8-22-15(17-10)12-4-2-6-20-12/h1-8H. The summed E-state index contributed by atoms with van der Waals surface area (Å²) in [5, 5.41) is 9.39. The number of rotatable bonds is 4. The molecule has 108 valence electrons. The van der Waals surface area contributed by atoms with E-state index in [2.05, 4.69) is 9.97 Å². The van der Waals surface area contributed by atoms with Crippen LogP contribution in [0.3, 0.4) is 0 Å². The molecular formula is C15H8N2OS4. The maximum atomic E-state index is 12.5. The number of aromatic nitrogens is 2. The molecule has 22 heavy (non-hydrogen) atoms. The Morgan fingerprint density at radius 1 is 0.773 bits per heavy atom. The molecule has 0 unspecified atom stereocenters. The molecule has 0 aromatic carbocycles. The zero-order valence-corrected chi connectivity index (χ0v) is 14.3. The highest BCUT2D eigenvalue weighted by molar-refractivity contribution is 7.20. The molecule has 0 aliphatic heterocycles. The van der Waals surface area contributed by atoms with E-state index < -0.39 is 0 Å². The predicted octanol–water partition coefficient (Wildman–Crippen LogP) is 5.29. The Labute approximate surface area is 142 Å². The molecule has 4 aromatic rings. The first kappa shape index (κ1) is 14.0. The van der Waals surface area contributed by atoms with Gasteiger partial charge in [-0.15, -0.1) is 45.3 Å². The van der Waals surface area contributed by atoms with Crippen LogP contribution in [0.2, 0.25) is 0 Å². The minimum Gasteiger partial charge on any atom is -0.285 e. The minimum absolute atomic E-state index is 0.113. The molecule has 0 atom stereocenters. The Morgan fingerprint density at radius 3 is 1.68 bits per heavy atom. The van der Waals surface area contributed by atoms with Crippen LogP contribution in [0, 0.1) is 0 Å². The van der Waals surface area contributed by atoms with E-state index in [1.165, 1.54) is 22.7 Å². The van der Waals surface area contributed by atoms with Crippen molar-refractivity contribution in [2.24, 2.45) is 0 Å². The summed E-state index contributed by atoms with van der Waals surface area (Å²) in [7, 11) is 0. The molecule has 4 heterocycles. The fourth-order valence-corrected chi connectivity index (χ4v) is 5.14. The Morgan fingerprint density at radius 2 is 1.27 bits per heavy atom. The van der Waals surface area contributed by atoms with E-state index in [-0.39, 0.29) is 5.78 Å². The molecule has 0 fully saturated rings. The lowest BCUT2D eigenvalue weighted by atomic mass is 10.2. The third kappa shape index (κ3) is 2.56. The lowest BCUT2D eigenvalue weighted by molar-refractivity contribution is 0.103. The van der Waals surface area contributed by atoms with Gasteiger partial charge >= 0.3 is 0 Å². The topological polar surface area (TPSA) is 42.9 Å². The highest BCUT2D eigenvalue weighted by Gasteiger charge is 2.18. The van der Waals surface area contributed by atoms with Gasteiger partial charge < -0.3 is 0 Å². The average molecular weight is 361 g/mol. The van der Waals surface area contributed by atoms with Crippen LogP contribution in [-0.4, -0.2) is 15.8 Å². The van der Waals surface area contributed by atoms with Gasteiger partial charge in [-0.05, 0) is 22.9 Å². The molecule has 4 aromatic heterocycles. The molecule has 4 rings (SSSR count). The molecule has 0 aliphatic rings. The van der Waals surface area contributed by atoms with Crippen molar-refractivity contribution in [3.05, 3.63) is 57.2 Å². The normalized spacial score (nSPS) is 10.9. The van der Waals surface area contributed by atoms with E-state index in [0.717, 1.165) is 19.8 Å². The van der Waals surface area contributed by atoms with Gasteiger partial charge in [0.1, 0.15) is 21.4 Å². The van der Waals surface area contributed by atoms with E-state index in [1.807, 2.05) is 45.8 Å². The molecule has 0 bridgehead atoms. The number of thiazole rings is 2. The second-order valence-electron chi connectivity index (χ2n) is 4.36. The molecule has 3 nitrogen and oxygen atoms in total. The summed E-state index contributed by atoms with van der Waals surface area (Å²) in [6.07, 6.45) is 0. The van der Waals surface area contributed by atoms with Gasteiger partial charge in [0.15, 0.2) is 0 Å². The van der Waals surface area contributed by atoms with Gasteiger partial charge in [0.05, 0.1) is 9.75 Å². The first-order valence-electron chi connectivity index (χ1n) is 6.35. The van der Waals surface area contributed by atoms with Crippen molar-refractivity contribution in [1.29, 1.82) is 0 Å². The molecule has 0 spiro atoms. The average Bonchev–Trinajstić information content (AvgIpc) is 3.35. The highest BCUT2D eigenvalue weighted by Crippen LogP contribution is 2.30. The lowest BCUT2D eigenvalue weighted by Crippen LogP contribution is -2.02. The quantitative estimate of drug-likeness (QED) is 0.465. The predicted molar refractivity (Wildman–Crippen MR) is 94.3 cm³/mol. The van der Waals surface area contributed by atoms with E-state index in [0.29, 0.717) is 11.4 Å². The van der Waals surface area contributed by atoms with E-state index in [9.17, 15) is 4.79 Å². The molecule has 7 heteroatoms. The van der Waals surface area contributed by atoms with Crippen molar-refractivity contribution in [3.8, 4) is 19.8 Å². The summed E-state index contributed by atoms with van der Waals surface area (Å²) in [5.74, 6) is -0.113. The van der Waals surface area contributed by atoms with Crippen molar-refractivity contribution in [3.63, 3.8) is 0 Å². The fraction of sp³-hybridized carbons (Fsp3) is 0. The van der Waals surface area contributed by atoms with Gasteiger partial charge in [0.25, 0.3) is 0 Å². The zero-order valence-electron chi connectivity index (χ0n) is 11.1. The largest absolute Gasteiger partial charge is 0.285 e. The minimum atomic E-state index is -0.113. The van der Waals surface area contributed by atoms with E-state index in [1.54, 1.807) is 22.7 Å². The van der Waals surface area contributed by atoms with Gasteiger partial charge in [-0.2, -0.15) is 0 Å². The second kappa shape index (κ2) is 5.85. The maximum Gasteiger partial charge on any atom is 0.231 e. The van der Waals surface area contributed by atoms with Crippen LogP contribution >= 0.6 is 45.3 Å². The first-order chi connectivity index (χ1) is 10.8. The molecule has 0 saturated heterocycles. The van der Waals surface area contributed by atoms with Gasteiger partial charge in [-0.3, -0.25) is 4.79 Å². The Balaban J connectivity index is 1.62. The Kier molecular flexibility index (Phi) is 3.71. The van der Waals surface area contributed by atoms with E-state index in [4.69, 9.17) is 0 Å². The molecule has 0 amide bonds. The van der Waals surface area contributed by atoms with Gasteiger partial charge in [-0.25, -0.2) is 9.97 Å². The van der Waals surface area contributed by atoms with Crippen LogP contribution in [0.4, 0.5) is 0 Å². The van der Waals surface area contributed by atoms with Crippen molar-refractivity contribution < 1.29 is 4.79 Å². The zero-order chi connectivity index (χ0) is 14.9. The number of hydrogen-bond acceptors (Lipinski definition) is 7. The van der Waals surface area contributed by atoms with Crippen molar-refractivity contribution >= 4 is 51.1 Å². The Bertz CT molecular complexity index is 829. The molecule has 0 saturated carbocycles. The SMILES string of the molecule is O=C(c1csc(-c2cccs2)n1)c1csc(-c2cccs2)n1. The number of hydrogen-bond donors (Lipinski definition) is 0. The van der Waals surface area contributed by atoms with Crippen LogP contribution in [0.5, 0.6) is 0 Å². The summed E-state index contributed by atoms with van der Waals surface area (Å²) in [5.41, 5.74) is 0.938. The lowest BCUT2D eigenvalue weighted by Gasteiger charge is -1.91. The second-order valence-corrected chi connectivity index (χ2v) is 7.97. The molecule has 0 N–H and O–H groups in total. The van der Waals surface area contributed by atoms with Gasteiger partial charge in [-0.1, -0.05) is 12.1 Å². The maximum absolute atomic E-state index is 12.5. The monoisotopic (exact) mass is 360 g/mol. The van der Waals surface area contributed by atoms with Gasteiger partial charge in [0.2, 0.25) is 5.78 Å². The van der Waals surface area contributed by atoms with Crippen LogP contribution in [-0.2, 0) is 0 Å². The summed E-state index contributed by atoms with van der Waals surface area (Å²) in [6, 6.07) is 7.98. The summed E-state index contributed by atoms with van der Waals surface area (Å²) in [4.78, 5) is 23.6. The molecule has 0 radical (unpaired) electrons. The van der Waals surface area contributed by atoms with E-state index >= 15 is 0 Å². The van der Waals surface area contributed by atoms with Gasteiger partial charge in [0, 0.05) is 10.8 Å². The molecular weight excluding hydrogens is 352 g/mol. The highest BCUT2D eigenvalue weighted by atomic mass is 32.1. The number of thiophene rings is 2. The van der Waals surface area contributed by atoms with Crippen molar-refractivity contribution in [2.45, 2.75) is 0 Å². The fourth-order valence-electron chi connectivity index (χ4n) is 1.91. The smallest absolute Gasteiger partial charge is 0.231 e. The van der Waals surface area contributed by atoms with Crippen LogP contribution < -0.4 is 0 Å². The summed E-state index contributed by atoms with van der Waals surface area (Å²) in [6.45, 7) is 0. The molecule has 0 aliphatic carbocycles. The van der Waals surface area contributed by atoms with Crippen LogP contribution in [0.1, 0.15) is 16.2 Å².